The number of rotatable bonds is 4. The van der Waals surface area contributed by atoms with Crippen molar-refractivity contribution in [2.45, 2.75) is 25.8 Å². The van der Waals surface area contributed by atoms with Crippen LogP contribution in [0.15, 0.2) is 29.3 Å². The highest BCUT2D eigenvalue weighted by Crippen LogP contribution is 2.34. The van der Waals surface area contributed by atoms with Gasteiger partial charge in [-0.1, -0.05) is 28.1 Å². The van der Waals surface area contributed by atoms with Gasteiger partial charge in [0.05, 0.1) is 0 Å². The molecule has 0 radical (unpaired) electrons. The lowest BCUT2D eigenvalue weighted by Gasteiger charge is -2.16. The number of allylic oxidation sites excluding steroid dienone is 1. The van der Waals surface area contributed by atoms with Gasteiger partial charge in [-0.15, -0.1) is 6.58 Å². The van der Waals surface area contributed by atoms with E-state index in [1.807, 2.05) is 25.1 Å². The van der Waals surface area contributed by atoms with Gasteiger partial charge in [-0.05, 0) is 31.4 Å². The van der Waals surface area contributed by atoms with E-state index in [0.717, 1.165) is 28.4 Å². The molecule has 0 aliphatic rings. The Kier molecular flexibility index (Phi) is 4.36. The maximum absolute atomic E-state index is 9.91. The molecular formula is C12H16BrNO. The molecule has 0 heterocycles. The number of phenols is 1. The van der Waals surface area contributed by atoms with E-state index in [1.165, 1.54) is 0 Å². The average Bonchev–Trinajstić information content (AvgIpc) is 2.21. The molecule has 0 aliphatic heterocycles. The van der Waals surface area contributed by atoms with E-state index in [-0.39, 0.29) is 6.04 Å². The van der Waals surface area contributed by atoms with E-state index in [4.69, 9.17) is 5.73 Å². The normalized spacial score (nSPS) is 12.5. The summed E-state index contributed by atoms with van der Waals surface area (Å²) in [4.78, 5) is 0. The Balaban J connectivity index is 3.01. The minimum absolute atomic E-state index is 0.155. The molecule has 0 aromatic heterocycles. The van der Waals surface area contributed by atoms with Crippen LogP contribution in [0.1, 0.15) is 30.0 Å². The summed E-state index contributed by atoms with van der Waals surface area (Å²) in [5.41, 5.74) is 7.65. The third kappa shape index (κ3) is 2.83. The van der Waals surface area contributed by atoms with Crippen LogP contribution in [0.2, 0.25) is 0 Å². The summed E-state index contributed by atoms with van der Waals surface area (Å²) < 4.78 is 0.863. The topological polar surface area (TPSA) is 46.2 Å². The maximum Gasteiger partial charge on any atom is 0.124 e. The standard InChI is InChI=1S/C12H16BrNO/c1-3-4-5-10(14)11-9(13)7-6-8(2)12(11)15/h3,6-7,10,15H,1,4-5,14H2,2H3/t10-/m1/s1. The fourth-order valence-electron chi connectivity index (χ4n) is 1.49. The van der Waals surface area contributed by atoms with Gasteiger partial charge in [0.1, 0.15) is 5.75 Å². The summed E-state index contributed by atoms with van der Waals surface area (Å²) in [5.74, 6) is 0.293. The zero-order chi connectivity index (χ0) is 11.4. The second-order valence-corrected chi connectivity index (χ2v) is 4.45. The van der Waals surface area contributed by atoms with E-state index < -0.39 is 0 Å². The Morgan fingerprint density at radius 3 is 2.87 bits per heavy atom. The first-order chi connectivity index (χ1) is 7.07. The number of halogens is 1. The molecule has 15 heavy (non-hydrogen) atoms. The van der Waals surface area contributed by atoms with E-state index in [0.29, 0.717) is 5.75 Å². The van der Waals surface area contributed by atoms with Crippen molar-refractivity contribution in [2.75, 3.05) is 0 Å². The van der Waals surface area contributed by atoms with Crippen LogP contribution < -0.4 is 5.73 Å². The van der Waals surface area contributed by atoms with Crippen LogP contribution in [0, 0.1) is 6.92 Å². The third-order valence-electron chi connectivity index (χ3n) is 2.42. The third-order valence-corrected chi connectivity index (χ3v) is 3.11. The number of hydrogen-bond acceptors (Lipinski definition) is 2. The van der Waals surface area contributed by atoms with Crippen molar-refractivity contribution < 1.29 is 5.11 Å². The number of hydrogen-bond donors (Lipinski definition) is 2. The summed E-state index contributed by atoms with van der Waals surface area (Å²) in [6, 6.07) is 3.62. The molecule has 3 heteroatoms. The Hall–Kier alpha value is -0.800. The van der Waals surface area contributed by atoms with Gasteiger partial charge in [0.25, 0.3) is 0 Å². The highest BCUT2D eigenvalue weighted by Gasteiger charge is 2.15. The molecule has 0 saturated carbocycles. The fourth-order valence-corrected chi connectivity index (χ4v) is 2.10. The second kappa shape index (κ2) is 5.33. The highest BCUT2D eigenvalue weighted by atomic mass is 79.9. The Morgan fingerprint density at radius 2 is 2.27 bits per heavy atom. The van der Waals surface area contributed by atoms with Crippen molar-refractivity contribution in [3.05, 3.63) is 40.4 Å². The van der Waals surface area contributed by atoms with Crippen molar-refractivity contribution >= 4 is 15.9 Å². The lowest BCUT2D eigenvalue weighted by Crippen LogP contribution is -2.11. The van der Waals surface area contributed by atoms with E-state index in [9.17, 15) is 5.11 Å². The van der Waals surface area contributed by atoms with Crippen LogP contribution in [0.3, 0.4) is 0 Å². The molecule has 0 bridgehead atoms. The smallest absolute Gasteiger partial charge is 0.124 e. The number of aromatic hydroxyl groups is 1. The van der Waals surface area contributed by atoms with Crippen LogP contribution in [0.4, 0.5) is 0 Å². The number of nitrogens with two attached hydrogens (primary N) is 1. The van der Waals surface area contributed by atoms with Crippen LogP contribution in [-0.4, -0.2) is 5.11 Å². The first-order valence-corrected chi connectivity index (χ1v) is 5.71. The molecule has 0 unspecified atom stereocenters. The molecule has 0 fully saturated rings. The average molecular weight is 270 g/mol. The molecule has 1 rings (SSSR count). The first-order valence-electron chi connectivity index (χ1n) is 4.92. The summed E-state index contributed by atoms with van der Waals surface area (Å²) in [6.07, 6.45) is 3.47. The van der Waals surface area contributed by atoms with Crippen LogP contribution in [0.5, 0.6) is 5.75 Å². The Bertz CT molecular complexity index is 363. The van der Waals surface area contributed by atoms with Gasteiger partial charge in [0.2, 0.25) is 0 Å². The number of phenolic OH excluding ortho intramolecular Hbond substituents is 1. The van der Waals surface area contributed by atoms with Crippen molar-refractivity contribution in [1.29, 1.82) is 0 Å². The summed E-state index contributed by atoms with van der Waals surface area (Å²) in [7, 11) is 0. The maximum atomic E-state index is 9.91. The van der Waals surface area contributed by atoms with Crippen LogP contribution in [0.25, 0.3) is 0 Å². The molecule has 0 spiro atoms. The van der Waals surface area contributed by atoms with Crippen molar-refractivity contribution in [2.24, 2.45) is 5.73 Å². The van der Waals surface area contributed by atoms with Crippen molar-refractivity contribution in [3.8, 4) is 5.75 Å². The largest absolute Gasteiger partial charge is 0.507 e. The SMILES string of the molecule is C=CCC[C@@H](N)c1c(Br)ccc(C)c1O. The van der Waals surface area contributed by atoms with Crippen molar-refractivity contribution in [3.63, 3.8) is 0 Å². The number of benzene rings is 1. The van der Waals surface area contributed by atoms with Gasteiger partial charge < -0.3 is 10.8 Å². The summed E-state index contributed by atoms with van der Waals surface area (Å²) in [6.45, 7) is 5.53. The fraction of sp³-hybridized carbons (Fsp3) is 0.333. The number of aryl methyl sites for hydroxylation is 1. The van der Waals surface area contributed by atoms with E-state index in [2.05, 4.69) is 22.5 Å². The summed E-state index contributed by atoms with van der Waals surface area (Å²) in [5, 5.41) is 9.91. The molecule has 1 aromatic carbocycles. The minimum atomic E-state index is -0.155. The quantitative estimate of drug-likeness (QED) is 0.823. The van der Waals surface area contributed by atoms with Gasteiger partial charge in [0, 0.05) is 16.1 Å². The minimum Gasteiger partial charge on any atom is -0.507 e. The van der Waals surface area contributed by atoms with E-state index in [1.54, 1.807) is 0 Å². The zero-order valence-electron chi connectivity index (χ0n) is 8.83. The Labute approximate surface area is 98.9 Å². The molecule has 1 aromatic rings. The zero-order valence-corrected chi connectivity index (χ0v) is 10.4. The molecule has 3 N–H and O–H groups in total. The molecule has 0 amide bonds. The van der Waals surface area contributed by atoms with Gasteiger partial charge >= 0.3 is 0 Å². The van der Waals surface area contributed by atoms with Gasteiger partial charge in [-0.2, -0.15) is 0 Å². The summed E-state index contributed by atoms with van der Waals surface area (Å²) >= 11 is 3.41. The molecule has 82 valence electrons. The van der Waals surface area contributed by atoms with Crippen molar-refractivity contribution in [1.82, 2.24) is 0 Å². The first kappa shape index (κ1) is 12.3. The molecular weight excluding hydrogens is 254 g/mol. The van der Waals surface area contributed by atoms with Gasteiger partial charge in [0.15, 0.2) is 0 Å². The Morgan fingerprint density at radius 1 is 1.60 bits per heavy atom. The van der Waals surface area contributed by atoms with Crippen LogP contribution >= 0.6 is 15.9 Å². The molecule has 0 saturated heterocycles. The van der Waals surface area contributed by atoms with Gasteiger partial charge in [-0.25, -0.2) is 0 Å². The highest BCUT2D eigenvalue weighted by molar-refractivity contribution is 9.10. The van der Waals surface area contributed by atoms with Gasteiger partial charge in [-0.3, -0.25) is 0 Å². The predicted molar refractivity (Wildman–Crippen MR) is 66.9 cm³/mol. The molecule has 0 aliphatic carbocycles. The predicted octanol–water partition coefficient (Wildman–Crippen LogP) is 3.43. The molecule has 2 nitrogen and oxygen atoms in total. The van der Waals surface area contributed by atoms with E-state index >= 15 is 0 Å². The lowest BCUT2D eigenvalue weighted by molar-refractivity contribution is 0.454. The molecule has 1 atom stereocenters. The lowest BCUT2D eigenvalue weighted by atomic mass is 9.99. The monoisotopic (exact) mass is 269 g/mol. The van der Waals surface area contributed by atoms with Crippen LogP contribution in [-0.2, 0) is 0 Å². The second-order valence-electron chi connectivity index (χ2n) is 3.60.